The lowest BCUT2D eigenvalue weighted by Gasteiger charge is -2.30. The second kappa shape index (κ2) is 16.7. The quantitative estimate of drug-likeness (QED) is 0.157. The van der Waals surface area contributed by atoms with Crippen molar-refractivity contribution in [3.63, 3.8) is 0 Å². The molecule has 0 saturated carbocycles. The van der Waals surface area contributed by atoms with Crippen LogP contribution in [0.5, 0.6) is 0 Å². The molecule has 4 amide bonds. The molecule has 6 rings (SSSR count). The van der Waals surface area contributed by atoms with Crippen LogP contribution in [0.25, 0.3) is 22.0 Å². The molecule has 0 bridgehead atoms. The number of amides is 4. The number of alkyl carbamates (subject to hydrolysis) is 2. The molecule has 0 aliphatic carbocycles. The molecule has 4 atom stereocenters. The normalized spacial score (nSPS) is 17.9. The fourth-order valence-electron chi connectivity index (χ4n) is 7.42. The molecule has 14 heteroatoms. The SMILES string of the molecule is COC(=O)N[C@H](C(=O)N1CCCC1c1ncc(-c2ccc3cc(C#Cc4nc(C5CCCN5C(=O)[C@@H](NC(=O)OC)C(C)C)[nH]c4C)ccc3c2)[nH]1)C(C)C. The second-order valence-electron chi connectivity index (χ2n) is 14.9. The second-order valence-corrected chi connectivity index (χ2v) is 14.9. The number of aromatic nitrogens is 4. The van der Waals surface area contributed by atoms with Gasteiger partial charge in [-0.3, -0.25) is 9.59 Å². The topological polar surface area (TPSA) is 175 Å². The van der Waals surface area contributed by atoms with E-state index in [1.807, 2.05) is 58.9 Å². The van der Waals surface area contributed by atoms with E-state index in [0.29, 0.717) is 30.4 Å². The van der Waals surface area contributed by atoms with Gasteiger partial charge in [0.1, 0.15) is 29.4 Å². The van der Waals surface area contributed by atoms with E-state index in [2.05, 4.69) is 49.6 Å². The highest BCUT2D eigenvalue weighted by atomic mass is 16.5. The number of benzene rings is 2. The molecule has 2 aromatic carbocycles. The van der Waals surface area contributed by atoms with Gasteiger partial charge in [-0.25, -0.2) is 19.6 Å². The van der Waals surface area contributed by atoms with Crippen LogP contribution in [-0.2, 0) is 19.1 Å². The summed E-state index contributed by atoms with van der Waals surface area (Å²) in [4.78, 5) is 70.9. The summed E-state index contributed by atoms with van der Waals surface area (Å²) in [6, 6.07) is 10.4. The van der Waals surface area contributed by atoms with E-state index >= 15 is 0 Å². The molecule has 2 saturated heterocycles. The summed E-state index contributed by atoms with van der Waals surface area (Å²) in [5.74, 6) is 7.35. The first kappa shape index (κ1) is 38.9. The monoisotopic (exact) mass is 750 g/mol. The first-order valence-corrected chi connectivity index (χ1v) is 18.9. The zero-order chi connectivity index (χ0) is 39.4. The van der Waals surface area contributed by atoms with Gasteiger partial charge in [0.05, 0.1) is 38.2 Å². The van der Waals surface area contributed by atoms with Crippen LogP contribution >= 0.6 is 0 Å². The Morgan fingerprint density at radius 3 is 1.93 bits per heavy atom. The van der Waals surface area contributed by atoms with Gasteiger partial charge in [-0.05, 0) is 79.3 Å². The van der Waals surface area contributed by atoms with Crippen LogP contribution in [0.4, 0.5) is 9.59 Å². The van der Waals surface area contributed by atoms with Crippen LogP contribution in [0.2, 0.25) is 0 Å². The summed E-state index contributed by atoms with van der Waals surface area (Å²) in [6.07, 6.45) is 3.74. The molecule has 2 aliphatic rings. The Balaban J connectivity index is 1.15. The number of hydrogen-bond donors (Lipinski definition) is 4. The number of rotatable bonds is 9. The summed E-state index contributed by atoms with van der Waals surface area (Å²) in [6.45, 7) is 10.7. The smallest absolute Gasteiger partial charge is 0.407 e. The summed E-state index contributed by atoms with van der Waals surface area (Å²) in [5, 5.41) is 7.45. The van der Waals surface area contributed by atoms with Gasteiger partial charge in [-0.2, -0.15) is 0 Å². The van der Waals surface area contributed by atoms with Gasteiger partial charge in [0.25, 0.3) is 0 Å². The number of nitrogens with one attached hydrogen (secondary N) is 4. The summed E-state index contributed by atoms with van der Waals surface area (Å²) >= 11 is 0. The van der Waals surface area contributed by atoms with Crippen molar-refractivity contribution in [2.45, 2.75) is 84.5 Å². The third kappa shape index (κ3) is 8.46. The van der Waals surface area contributed by atoms with E-state index in [1.54, 1.807) is 16.0 Å². The standard InChI is InChI=1S/C41H50N8O6/c1-23(2)34(46-40(52)54-6)38(50)48-18-8-10-32(48)36-42-22-31(45-36)29-16-15-27-20-26(12-14-28(27)21-29)13-17-30-25(5)43-37(44-30)33-11-9-19-49(33)39(51)35(24(3)4)47-41(53)55-7/h12,14-16,20-24,32-35H,8-11,18-19H2,1-7H3,(H,42,45)(H,43,44)(H,46,52)(H,47,53)/t32?,33?,34-,35-/m0/s1. The first-order valence-electron chi connectivity index (χ1n) is 18.9. The van der Waals surface area contributed by atoms with Crippen molar-refractivity contribution in [2.75, 3.05) is 27.3 Å². The zero-order valence-corrected chi connectivity index (χ0v) is 32.5. The minimum atomic E-state index is -0.702. The van der Waals surface area contributed by atoms with Crippen molar-refractivity contribution in [2.24, 2.45) is 11.8 Å². The zero-order valence-electron chi connectivity index (χ0n) is 32.5. The minimum absolute atomic E-state index is 0.110. The molecule has 2 aromatic heterocycles. The van der Waals surface area contributed by atoms with Crippen LogP contribution < -0.4 is 10.6 Å². The number of methoxy groups -OCH3 is 2. The maximum atomic E-state index is 13.6. The molecular formula is C41H50N8O6. The van der Waals surface area contributed by atoms with Crippen LogP contribution in [0.3, 0.4) is 0 Å². The van der Waals surface area contributed by atoms with E-state index in [1.165, 1.54) is 14.2 Å². The Hall–Kier alpha value is -5.84. The Morgan fingerprint density at radius 1 is 0.782 bits per heavy atom. The first-order chi connectivity index (χ1) is 26.4. The van der Waals surface area contributed by atoms with Crippen molar-refractivity contribution in [1.29, 1.82) is 0 Å². The lowest BCUT2D eigenvalue weighted by Crippen LogP contribution is -2.51. The van der Waals surface area contributed by atoms with E-state index in [4.69, 9.17) is 14.5 Å². The predicted octanol–water partition coefficient (Wildman–Crippen LogP) is 5.75. The number of ether oxygens (including phenoxy) is 2. The van der Waals surface area contributed by atoms with Gasteiger partial charge in [0, 0.05) is 29.9 Å². The molecule has 0 spiro atoms. The van der Waals surface area contributed by atoms with E-state index < -0.39 is 24.3 Å². The lowest BCUT2D eigenvalue weighted by molar-refractivity contribution is -0.136. The molecule has 2 fully saturated rings. The Labute approximate surface area is 321 Å². The third-order valence-electron chi connectivity index (χ3n) is 10.5. The minimum Gasteiger partial charge on any atom is -0.453 e. The maximum Gasteiger partial charge on any atom is 0.407 e. The van der Waals surface area contributed by atoms with Crippen LogP contribution in [0.15, 0.2) is 42.6 Å². The summed E-state index contributed by atoms with van der Waals surface area (Å²) in [7, 11) is 2.57. The molecule has 4 aromatic rings. The molecule has 55 heavy (non-hydrogen) atoms. The van der Waals surface area contributed by atoms with Gasteiger partial charge in [0.15, 0.2) is 0 Å². The van der Waals surface area contributed by atoms with Gasteiger partial charge < -0.3 is 39.9 Å². The highest BCUT2D eigenvalue weighted by molar-refractivity contribution is 5.89. The predicted molar refractivity (Wildman–Crippen MR) is 207 cm³/mol. The molecule has 0 radical (unpaired) electrons. The number of fused-ring (bicyclic) bond motifs is 1. The number of carbonyl (C=O) groups excluding carboxylic acids is 4. The molecule has 14 nitrogen and oxygen atoms in total. The lowest BCUT2D eigenvalue weighted by atomic mass is 10.0. The van der Waals surface area contributed by atoms with E-state index in [9.17, 15) is 19.2 Å². The van der Waals surface area contributed by atoms with Gasteiger partial charge in [-0.15, -0.1) is 0 Å². The number of hydrogen-bond acceptors (Lipinski definition) is 8. The largest absolute Gasteiger partial charge is 0.453 e. The third-order valence-corrected chi connectivity index (χ3v) is 10.5. The Morgan fingerprint density at radius 2 is 1.35 bits per heavy atom. The van der Waals surface area contributed by atoms with Gasteiger partial charge in [0.2, 0.25) is 11.8 Å². The van der Waals surface area contributed by atoms with Crippen LogP contribution in [-0.4, -0.2) is 93.1 Å². The fourth-order valence-corrected chi connectivity index (χ4v) is 7.42. The molecular weight excluding hydrogens is 701 g/mol. The van der Waals surface area contributed by atoms with Crippen LogP contribution in [0, 0.1) is 30.6 Å². The molecule has 2 aliphatic heterocycles. The van der Waals surface area contributed by atoms with Crippen molar-refractivity contribution < 1.29 is 28.7 Å². The molecule has 2 unspecified atom stereocenters. The van der Waals surface area contributed by atoms with E-state index in [-0.39, 0.29) is 35.7 Å². The van der Waals surface area contributed by atoms with Gasteiger partial charge in [-0.1, -0.05) is 51.8 Å². The van der Waals surface area contributed by atoms with Crippen molar-refractivity contribution in [1.82, 2.24) is 40.4 Å². The highest BCUT2D eigenvalue weighted by Gasteiger charge is 2.39. The van der Waals surface area contributed by atoms with E-state index in [0.717, 1.165) is 59.0 Å². The summed E-state index contributed by atoms with van der Waals surface area (Å²) < 4.78 is 9.51. The molecule has 290 valence electrons. The van der Waals surface area contributed by atoms with Crippen molar-refractivity contribution >= 4 is 34.8 Å². The number of imidazole rings is 2. The Bertz CT molecular complexity index is 2130. The molecule has 4 N–H and O–H groups in total. The summed E-state index contributed by atoms with van der Waals surface area (Å²) in [5.41, 5.74) is 4.09. The number of H-pyrrole nitrogens is 2. The average Bonchev–Trinajstić information content (AvgIpc) is 4.01. The van der Waals surface area contributed by atoms with Crippen molar-refractivity contribution in [3.8, 4) is 23.1 Å². The molecule has 4 heterocycles. The number of aromatic amines is 2. The number of nitrogens with zero attached hydrogens (tertiary/aromatic N) is 4. The van der Waals surface area contributed by atoms with Crippen molar-refractivity contribution in [3.05, 3.63) is 71.2 Å². The average molecular weight is 751 g/mol. The Kier molecular flexibility index (Phi) is 11.8. The highest BCUT2D eigenvalue weighted by Crippen LogP contribution is 2.34. The van der Waals surface area contributed by atoms with Crippen LogP contribution in [0.1, 0.15) is 94.1 Å². The number of aryl methyl sites for hydroxylation is 1. The number of carbonyl (C=O) groups is 4. The number of likely N-dealkylation sites (tertiary alicyclic amines) is 2. The van der Waals surface area contributed by atoms with Gasteiger partial charge >= 0.3 is 12.2 Å². The maximum absolute atomic E-state index is 13.6. The fraction of sp³-hybridized carbons (Fsp3) is 0.463.